The van der Waals surface area contributed by atoms with Crippen molar-refractivity contribution in [3.8, 4) is 0 Å². The summed E-state index contributed by atoms with van der Waals surface area (Å²) in [5.41, 5.74) is 7.22. The van der Waals surface area contributed by atoms with E-state index in [0.717, 1.165) is 12.8 Å². The van der Waals surface area contributed by atoms with E-state index in [0.29, 0.717) is 18.1 Å². The van der Waals surface area contributed by atoms with Crippen LogP contribution in [-0.2, 0) is 0 Å². The normalized spacial score (nSPS) is 26.1. The van der Waals surface area contributed by atoms with Crippen LogP contribution >= 0.6 is 0 Å². The van der Waals surface area contributed by atoms with E-state index < -0.39 is 0 Å². The molecule has 0 saturated heterocycles. The molecule has 1 fully saturated rings. The van der Waals surface area contributed by atoms with Crippen LogP contribution in [0.1, 0.15) is 44.2 Å². The molecule has 0 aliphatic heterocycles. The molecule has 1 aliphatic carbocycles. The summed E-state index contributed by atoms with van der Waals surface area (Å²) in [6.45, 7) is 2.24. The molecule has 0 bridgehead atoms. The van der Waals surface area contributed by atoms with Crippen LogP contribution in [0, 0.1) is 0 Å². The van der Waals surface area contributed by atoms with E-state index in [1.165, 1.54) is 18.4 Å². The fourth-order valence-corrected chi connectivity index (χ4v) is 2.40. The van der Waals surface area contributed by atoms with Crippen LogP contribution in [-0.4, -0.2) is 12.1 Å². The van der Waals surface area contributed by atoms with Gasteiger partial charge in [0.05, 0.1) is 0 Å². The van der Waals surface area contributed by atoms with Crippen molar-refractivity contribution in [2.45, 2.75) is 50.7 Å². The average Bonchev–Trinajstić information content (AvgIpc) is 2.27. The lowest BCUT2D eigenvalue weighted by Gasteiger charge is -2.36. The van der Waals surface area contributed by atoms with Gasteiger partial charge in [0.2, 0.25) is 0 Å². The molecule has 2 heteroatoms. The Morgan fingerprint density at radius 1 is 1.31 bits per heavy atom. The molecule has 2 nitrogen and oxygen atoms in total. The van der Waals surface area contributed by atoms with Gasteiger partial charge in [-0.2, -0.15) is 0 Å². The molecule has 88 valence electrons. The van der Waals surface area contributed by atoms with Crippen LogP contribution in [0.25, 0.3) is 0 Å². The zero-order valence-electron chi connectivity index (χ0n) is 10.0. The molecule has 16 heavy (non-hydrogen) atoms. The number of rotatable bonds is 5. The summed E-state index contributed by atoms with van der Waals surface area (Å²) < 4.78 is 0. The van der Waals surface area contributed by atoms with Gasteiger partial charge in [0.1, 0.15) is 0 Å². The van der Waals surface area contributed by atoms with Gasteiger partial charge in [0.25, 0.3) is 0 Å². The molecule has 0 aromatic heterocycles. The van der Waals surface area contributed by atoms with Crippen LogP contribution in [0.5, 0.6) is 0 Å². The van der Waals surface area contributed by atoms with Gasteiger partial charge in [0, 0.05) is 18.1 Å². The average molecular weight is 218 g/mol. The van der Waals surface area contributed by atoms with Crippen molar-refractivity contribution < 1.29 is 0 Å². The molecule has 0 spiro atoms. The van der Waals surface area contributed by atoms with Gasteiger partial charge in [-0.05, 0) is 24.8 Å². The first-order valence-electron chi connectivity index (χ1n) is 6.36. The van der Waals surface area contributed by atoms with Crippen LogP contribution in [0.15, 0.2) is 30.3 Å². The van der Waals surface area contributed by atoms with Crippen LogP contribution < -0.4 is 11.1 Å². The number of benzene rings is 1. The molecule has 1 aliphatic rings. The van der Waals surface area contributed by atoms with Gasteiger partial charge < -0.3 is 11.1 Å². The zero-order chi connectivity index (χ0) is 11.4. The van der Waals surface area contributed by atoms with Gasteiger partial charge in [-0.15, -0.1) is 0 Å². The SMILES string of the molecule is CCCC(NC1CC(N)C1)c1ccccc1. The lowest BCUT2D eigenvalue weighted by Crippen LogP contribution is -2.49. The second kappa shape index (κ2) is 5.46. The molecule has 3 N–H and O–H groups in total. The molecule has 0 heterocycles. The Hall–Kier alpha value is -0.860. The van der Waals surface area contributed by atoms with Gasteiger partial charge >= 0.3 is 0 Å². The van der Waals surface area contributed by atoms with Crippen molar-refractivity contribution in [3.63, 3.8) is 0 Å². The third-order valence-corrected chi connectivity index (χ3v) is 3.39. The maximum absolute atomic E-state index is 5.82. The Labute approximate surface area is 98.2 Å². The predicted molar refractivity (Wildman–Crippen MR) is 68.2 cm³/mol. The third kappa shape index (κ3) is 2.83. The number of hydrogen-bond donors (Lipinski definition) is 2. The quantitative estimate of drug-likeness (QED) is 0.797. The summed E-state index contributed by atoms with van der Waals surface area (Å²) in [6.07, 6.45) is 4.68. The Bertz CT molecular complexity index is 304. The van der Waals surface area contributed by atoms with E-state index in [1.54, 1.807) is 0 Å². The fourth-order valence-electron chi connectivity index (χ4n) is 2.40. The van der Waals surface area contributed by atoms with Crippen LogP contribution in [0.2, 0.25) is 0 Å². The van der Waals surface area contributed by atoms with Crippen molar-refractivity contribution in [1.29, 1.82) is 0 Å². The maximum atomic E-state index is 5.82. The highest BCUT2D eigenvalue weighted by Crippen LogP contribution is 2.25. The Kier molecular flexibility index (Phi) is 3.97. The molecular formula is C14H22N2. The lowest BCUT2D eigenvalue weighted by atomic mass is 9.86. The van der Waals surface area contributed by atoms with Crippen molar-refractivity contribution in [3.05, 3.63) is 35.9 Å². The van der Waals surface area contributed by atoms with E-state index in [9.17, 15) is 0 Å². The Morgan fingerprint density at radius 3 is 2.56 bits per heavy atom. The maximum Gasteiger partial charge on any atom is 0.0322 e. The van der Waals surface area contributed by atoms with Gasteiger partial charge in [-0.25, -0.2) is 0 Å². The van der Waals surface area contributed by atoms with Crippen molar-refractivity contribution in [1.82, 2.24) is 5.32 Å². The summed E-state index contributed by atoms with van der Waals surface area (Å²) in [4.78, 5) is 0. The molecule has 1 atom stereocenters. The van der Waals surface area contributed by atoms with E-state index in [-0.39, 0.29) is 0 Å². The highest BCUT2D eigenvalue weighted by Gasteiger charge is 2.27. The van der Waals surface area contributed by atoms with E-state index in [1.807, 2.05) is 0 Å². The first kappa shape index (κ1) is 11.6. The summed E-state index contributed by atoms with van der Waals surface area (Å²) in [7, 11) is 0. The largest absolute Gasteiger partial charge is 0.328 e. The fraction of sp³-hybridized carbons (Fsp3) is 0.571. The van der Waals surface area contributed by atoms with Crippen molar-refractivity contribution in [2.75, 3.05) is 0 Å². The molecule has 1 unspecified atom stereocenters. The second-order valence-electron chi connectivity index (χ2n) is 4.85. The highest BCUT2D eigenvalue weighted by atomic mass is 15.0. The standard InChI is InChI=1S/C14H22N2/c1-2-6-14(11-7-4-3-5-8-11)16-13-9-12(15)10-13/h3-5,7-8,12-14,16H,2,6,9-10,15H2,1H3. The molecule has 1 aromatic carbocycles. The number of nitrogens with one attached hydrogen (secondary N) is 1. The summed E-state index contributed by atoms with van der Waals surface area (Å²) >= 11 is 0. The monoisotopic (exact) mass is 218 g/mol. The molecule has 2 rings (SSSR count). The topological polar surface area (TPSA) is 38.0 Å². The molecule has 1 aromatic rings. The van der Waals surface area contributed by atoms with Gasteiger partial charge in [0.15, 0.2) is 0 Å². The summed E-state index contributed by atoms with van der Waals surface area (Å²) in [5.74, 6) is 0. The van der Waals surface area contributed by atoms with Gasteiger partial charge in [-0.1, -0.05) is 43.7 Å². The Balaban J connectivity index is 1.94. The van der Waals surface area contributed by atoms with Crippen LogP contribution in [0.3, 0.4) is 0 Å². The van der Waals surface area contributed by atoms with Crippen molar-refractivity contribution >= 4 is 0 Å². The zero-order valence-corrected chi connectivity index (χ0v) is 10.0. The first-order chi connectivity index (χ1) is 7.79. The molecule has 0 amide bonds. The van der Waals surface area contributed by atoms with Gasteiger partial charge in [-0.3, -0.25) is 0 Å². The van der Waals surface area contributed by atoms with E-state index in [4.69, 9.17) is 5.73 Å². The number of hydrogen-bond acceptors (Lipinski definition) is 2. The minimum absolute atomic E-state index is 0.426. The van der Waals surface area contributed by atoms with E-state index in [2.05, 4.69) is 42.6 Å². The molecule has 1 saturated carbocycles. The minimum Gasteiger partial charge on any atom is -0.328 e. The summed E-state index contributed by atoms with van der Waals surface area (Å²) in [6, 6.07) is 12.3. The minimum atomic E-state index is 0.426. The lowest BCUT2D eigenvalue weighted by molar-refractivity contribution is 0.261. The summed E-state index contributed by atoms with van der Waals surface area (Å²) in [5, 5.41) is 3.72. The Morgan fingerprint density at radius 2 is 2.00 bits per heavy atom. The second-order valence-corrected chi connectivity index (χ2v) is 4.85. The smallest absolute Gasteiger partial charge is 0.0322 e. The van der Waals surface area contributed by atoms with E-state index >= 15 is 0 Å². The molecular weight excluding hydrogens is 196 g/mol. The predicted octanol–water partition coefficient (Wildman–Crippen LogP) is 2.61. The first-order valence-corrected chi connectivity index (χ1v) is 6.36. The highest BCUT2D eigenvalue weighted by molar-refractivity contribution is 5.19. The van der Waals surface area contributed by atoms with Crippen molar-refractivity contribution in [2.24, 2.45) is 5.73 Å². The molecule has 0 radical (unpaired) electrons. The third-order valence-electron chi connectivity index (χ3n) is 3.39. The number of nitrogens with two attached hydrogens (primary N) is 1. The van der Waals surface area contributed by atoms with Crippen LogP contribution in [0.4, 0.5) is 0 Å².